The summed E-state index contributed by atoms with van der Waals surface area (Å²) in [6, 6.07) is -1.82. The number of carbonyl (C=O) groups excluding carboxylic acids is 2. The van der Waals surface area contributed by atoms with Gasteiger partial charge in [0, 0.05) is 0 Å². The van der Waals surface area contributed by atoms with Gasteiger partial charge in [0.15, 0.2) is 0 Å². The van der Waals surface area contributed by atoms with E-state index < -0.39 is 35.7 Å². The van der Waals surface area contributed by atoms with Crippen molar-refractivity contribution in [2.75, 3.05) is 0 Å². The van der Waals surface area contributed by atoms with Crippen LogP contribution >= 0.6 is 0 Å². The summed E-state index contributed by atoms with van der Waals surface area (Å²) in [4.78, 5) is 35.7. The lowest BCUT2D eigenvalue weighted by atomic mass is 10.0. The molecule has 0 rings (SSSR count). The van der Waals surface area contributed by atoms with Gasteiger partial charge in [0.25, 0.3) is 0 Å². The largest absolute Gasteiger partial charge is 0.480 e. The van der Waals surface area contributed by atoms with Gasteiger partial charge in [-0.1, -0.05) is 27.7 Å². The molecule has 2 atom stereocenters. The van der Waals surface area contributed by atoms with E-state index in [4.69, 9.17) is 4.74 Å². The zero-order valence-corrected chi connectivity index (χ0v) is 15.8. The van der Waals surface area contributed by atoms with Crippen LogP contribution in [-0.2, 0) is 14.3 Å². The van der Waals surface area contributed by atoms with Gasteiger partial charge in [0.05, 0.1) is 0 Å². The van der Waals surface area contributed by atoms with Crippen molar-refractivity contribution in [3.05, 3.63) is 0 Å². The molecular formula is C17H32N2O5. The smallest absolute Gasteiger partial charge is 0.408 e. The fourth-order valence-electron chi connectivity index (χ4n) is 2.12. The first-order valence-electron chi connectivity index (χ1n) is 8.34. The monoisotopic (exact) mass is 344 g/mol. The molecule has 2 amide bonds. The van der Waals surface area contributed by atoms with Gasteiger partial charge in [0.1, 0.15) is 17.7 Å². The number of carboxylic acid groups (broad SMARTS) is 1. The third-order valence-electron chi connectivity index (χ3n) is 3.04. The Morgan fingerprint density at radius 3 is 1.75 bits per heavy atom. The number of rotatable bonds is 8. The zero-order chi connectivity index (χ0) is 19.1. The van der Waals surface area contributed by atoms with Crippen molar-refractivity contribution in [1.82, 2.24) is 10.6 Å². The van der Waals surface area contributed by atoms with Crippen molar-refractivity contribution in [1.29, 1.82) is 0 Å². The van der Waals surface area contributed by atoms with E-state index in [2.05, 4.69) is 10.6 Å². The SMILES string of the molecule is CC(C)C[C@H](NC(=O)[C@@H](CC(C)C)NC(=O)OC(C)(C)C)C(=O)O. The van der Waals surface area contributed by atoms with Crippen LogP contribution in [0.3, 0.4) is 0 Å². The van der Waals surface area contributed by atoms with Gasteiger partial charge in [-0.25, -0.2) is 9.59 Å². The van der Waals surface area contributed by atoms with Crippen LogP contribution in [0.4, 0.5) is 4.79 Å². The molecule has 0 radical (unpaired) electrons. The van der Waals surface area contributed by atoms with E-state index in [0.717, 1.165) is 0 Å². The molecule has 0 heterocycles. The van der Waals surface area contributed by atoms with Crippen LogP contribution in [0.5, 0.6) is 0 Å². The minimum atomic E-state index is -1.09. The molecule has 0 unspecified atom stereocenters. The number of aliphatic carboxylic acids is 1. The van der Waals surface area contributed by atoms with Gasteiger partial charge < -0.3 is 20.5 Å². The van der Waals surface area contributed by atoms with Crippen LogP contribution in [0, 0.1) is 11.8 Å². The molecule has 0 saturated heterocycles. The van der Waals surface area contributed by atoms with Crippen molar-refractivity contribution in [3.8, 4) is 0 Å². The number of amides is 2. The van der Waals surface area contributed by atoms with E-state index >= 15 is 0 Å². The van der Waals surface area contributed by atoms with Crippen molar-refractivity contribution in [2.45, 2.75) is 79.0 Å². The average molecular weight is 344 g/mol. The highest BCUT2D eigenvalue weighted by Gasteiger charge is 2.29. The van der Waals surface area contributed by atoms with E-state index in [1.54, 1.807) is 20.8 Å². The Balaban J connectivity index is 4.98. The van der Waals surface area contributed by atoms with Crippen molar-refractivity contribution in [2.24, 2.45) is 11.8 Å². The summed E-state index contributed by atoms with van der Waals surface area (Å²) in [6.45, 7) is 12.8. The van der Waals surface area contributed by atoms with Crippen molar-refractivity contribution < 1.29 is 24.2 Å². The third-order valence-corrected chi connectivity index (χ3v) is 3.04. The van der Waals surface area contributed by atoms with E-state index in [-0.39, 0.29) is 11.8 Å². The molecule has 7 nitrogen and oxygen atoms in total. The number of nitrogens with one attached hydrogen (secondary N) is 2. The number of carboxylic acids is 1. The lowest BCUT2D eigenvalue weighted by Crippen LogP contribution is -2.53. The molecule has 0 saturated carbocycles. The fourth-order valence-corrected chi connectivity index (χ4v) is 2.12. The van der Waals surface area contributed by atoms with Crippen molar-refractivity contribution in [3.63, 3.8) is 0 Å². The quantitative estimate of drug-likeness (QED) is 0.627. The second-order valence-electron chi connectivity index (χ2n) is 7.86. The highest BCUT2D eigenvalue weighted by atomic mass is 16.6. The summed E-state index contributed by atoms with van der Waals surface area (Å²) >= 11 is 0. The summed E-state index contributed by atoms with van der Waals surface area (Å²) in [5.41, 5.74) is -0.676. The van der Waals surface area contributed by atoms with Crippen LogP contribution in [0.25, 0.3) is 0 Å². The molecule has 0 aliphatic carbocycles. The Kier molecular flexibility index (Phi) is 8.78. The summed E-state index contributed by atoms with van der Waals surface area (Å²) in [7, 11) is 0. The zero-order valence-electron chi connectivity index (χ0n) is 15.8. The summed E-state index contributed by atoms with van der Waals surface area (Å²) in [5, 5.41) is 14.3. The van der Waals surface area contributed by atoms with E-state index in [1.165, 1.54) is 0 Å². The molecule has 3 N–H and O–H groups in total. The predicted molar refractivity (Wildman–Crippen MR) is 91.6 cm³/mol. The third kappa shape index (κ3) is 10.1. The first kappa shape index (κ1) is 22.2. The lowest BCUT2D eigenvalue weighted by molar-refractivity contribution is -0.142. The molecule has 140 valence electrons. The van der Waals surface area contributed by atoms with Gasteiger partial charge in [0.2, 0.25) is 5.91 Å². The van der Waals surface area contributed by atoms with Gasteiger partial charge >= 0.3 is 12.1 Å². The molecule has 0 fully saturated rings. The molecule has 0 aliphatic rings. The number of carbonyl (C=O) groups is 3. The predicted octanol–water partition coefficient (Wildman–Crippen LogP) is 2.54. The lowest BCUT2D eigenvalue weighted by Gasteiger charge is -2.25. The second kappa shape index (κ2) is 9.49. The molecular weight excluding hydrogens is 312 g/mol. The minimum absolute atomic E-state index is 0.119. The fraction of sp³-hybridized carbons (Fsp3) is 0.824. The first-order valence-corrected chi connectivity index (χ1v) is 8.34. The van der Waals surface area contributed by atoms with E-state index in [1.807, 2.05) is 27.7 Å². The highest BCUT2D eigenvalue weighted by molar-refractivity contribution is 5.89. The Labute approximate surface area is 144 Å². The maximum Gasteiger partial charge on any atom is 0.408 e. The van der Waals surface area contributed by atoms with Crippen LogP contribution in [0.2, 0.25) is 0 Å². The summed E-state index contributed by atoms with van der Waals surface area (Å²) in [6.07, 6.45) is 0.0140. The summed E-state index contributed by atoms with van der Waals surface area (Å²) < 4.78 is 5.17. The molecule has 0 spiro atoms. The Morgan fingerprint density at radius 2 is 1.38 bits per heavy atom. The number of ether oxygens (including phenoxy) is 1. The number of alkyl carbamates (subject to hydrolysis) is 1. The second-order valence-corrected chi connectivity index (χ2v) is 7.86. The molecule has 0 aliphatic heterocycles. The molecule has 7 heteroatoms. The molecule has 0 aromatic rings. The normalized spacial score (nSPS) is 14.2. The summed E-state index contributed by atoms with van der Waals surface area (Å²) in [5.74, 6) is -1.34. The van der Waals surface area contributed by atoms with Crippen LogP contribution < -0.4 is 10.6 Å². The van der Waals surface area contributed by atoms with Crippen molar-refractivity contribution >= 4 is 18.0 Å². The minimum Gasteiger partial charge on any atom is -0.480 e. The van der Waals surface area contributed by atoms with Gasteiger partial charge in [-0.15, -0.1) is 0 Å². The molecule has 0 aromatic heterocycles. The highest BCUT2D eigenvalue weighted by Crippen LogP contribution is 2.11. The van der Waals surface area contributed by atoms with Gasteiger partial charge in [-0.05, 0) is 45.4 Å². The van der Waals surface area contributed by atoms with Crippen LogP contribution in [0.15, 0.2) is 0 Å². The van der Waals surface area contributed by atoms with E-state index in [0.29, 0.717) is 12.8 Å². The Hall–Kier alpha value is -1.79. The van der Waals surface area contributed by atoms with Crippen LogP contribution in [0.1, 0.15) is 61.3 Å². The first-order chi connectivity index (χ1) is 10.8. The van der Waals surface area contributed by atoms with E-state index in [9.17, 15) is 19.5 Å². The van der Waals surface area contributed by atoms with Gasteiger partial charge in [-0.2, -0.15) is 0 Å². The Morgan fingerprint density at radius 1 is 0.917 bits per heavy atom. The molecule has 24 heavy (non-hydrogen) atoms. The number of hydrogen-bond acceptors (Lipinski definition) is 4. The van der Waals surface area contributed by atoms with Crippen LogP contribution in [-0.4, -0.2) is 40.8 Å². The molecule has 0 aromatic carbocycles. The standard InChI is InChI=1S/C17H32N2O5/c1-10(2)8-12(19-16(23)24-17(5,6)7)14(20)18-13(15(21)22)9-11(3)4/h10-13H,8-9H2,1-7H3,(H,18,20)(H,19,23)(H,21,22)/t12-,13+/m1/s1. The molecule has 0 bridgehead atoms. The topological polar surface area (TPSA) is 105 Å². The van der Waals surface area contributed by atoms with Gasteiger partial charge in [-0.3, -0.25) is 4.79 Å². The maximum atomic E-state index is 12.4. The maximum absolute atomic E-state index is 12.4. The number of hydrogen-bond donors (Lipinski definition) is 3. The Bertz CT molecular complexity index is 441. The average Bonchev–Trinajstić information content (AvgIpc) is 2.33.